The first-order valence-electron chi connectivity index (χ1n) is 6.65. The van der Waals surface area contributed by atoms with E-state index in [0.29, 0.717) is 0 Å². The number of benzene rings is 1. The number of ether oxygens (including phenoxy) is 4. The summed E-state index contributed by atoms with van der Waals surface area (Å²) in [4.78, 5) is 12.1. The van der Waals surface area contributed by atoms with Crippen molar-refractivity contribution in [1.29, 1.82) is 0 Å². The van der Waals surface area contributed by atoms with Gasteiger partial charge in [-0.2, -0.15) is 0 Å². The molecule has 1 aromatic carbocycles. The number of esters is 1. The maximum absolute atomic E-state index is 14.2. The predicted octanol–water partition coefficient (Wildman–Crippen LogP) is 0.900. The van der Waals surface area contributed by atoms with E-state index in [1.165, 1.54) is 13.8 Å². The number of hydrogen-bond donors (Lipinski definition) is 2. The Bertz CT molecular complexity index is 588. The molecule has 2 rings (SSSR count). The molecule has 1 aromatic rings. The summed E-state index contributed by atoms with van der Waals surface area (Å²) < 4.78 is 35.0. The quantitative estimate of drug-likeness (QED) is 0.616. The normalized spacial score (nSPS) is 15.5. The van der Waals surface area contributed by atoms with Crippen LogP contribution in [0.5, 0.6) is 17.2 Å². The van der Waals surface area contributed by atoms with E-state index >= 15 is 0 Å². The second kappa shape index (κ2) is 6.01. The van der Waals surface area contributed by atoms with E-state index in [9.17, 15) is 9.18 Å². The fourth-order valence-corrected chi connectivity index (χ4v) is 1.98. The summed E-state index contributed by atoms with van der Waals surface area (Å²) in [7, 11) is -1.80. The number of fused-ring (bicyclic) bond motifs is 1. The molecular weight excluding hydrogens is 298 g/mol. The largest absolute Gasteiger partial charge is 0.493 e. The van der Waals surface area contributed by atoms with Crippen LogP contribution >= 0.6 is 0 Å². The van der Waals surface area contributed by atoms with Crippen molar-refractivity contribution in [2.24, 2.45) is 0 Å². The summed E-state index contributed by atoms with van der Waals surface area (Å²) in [5.74, 6) is -3.55. The van der Waals surface area contributed by atoms with Crippen LogP contribution in [0.3, 0.4) is 0 Å². The average Bonchev–Trinajstić information content (AvgIpc) is 2.35. The molecule has 0 saturated carbocycles. The molecule has 120 valence electrons. The first-order valence-corrected chi connectivity index (χ1v) is 6.65. The summed E-state index contributed by atoms with van der Waals surface area (Å²) in [6.45, 7) is 4.25. The predicted molar refractivity (Wildman–Crippen MR) is 73.4 cm³/mol. The lowest BCUT2D eigenvalue weighted by molar-refractivity contribution is -0.128. The molecule has 0 bridgehead atoms. The molecule has 0 unspecified atom stereocenters. The first kappa shape index (κ1) is 16.4. The Balaban J connectivity index is 2.56. The van der Waals surface area contributed by atoms with Crippen LogP contribution in [0, 0.1) is 5.82 Å². The van der Waals surface area contributed by atoms with Crippen molar-refractivity contribution < 1.29 is 38.2 Å². The molecule has 0 amide bonds. The van der Waals surface area contributed by atoms with Gasteiger partial charge >= 0.3 is 13.1 Å². The molecule has 0 saturated heterocycles. The average molecular weight is 314 g/mol. The van der Waals surface area contributed by atoms with Crippen LogP contribution in [-0.4, -0.2) is 42.0 Å². The Morgan fingerprint density at radius 1 is 1.32 bits per heavy atom. The second-order valence-electron chi connectivity index (χ2n) is 5.01. The zero-order valence-corrected chi connectivity index (χ0v) is 12.4. The Morgan fingerprint density at radius 2 is 2.00 bits per heavy atom. The molecule has 0 atom stereocenters. The summed E-state index contributed by atoms with van der Waals surface area (Å²) in [6, 6.07) is 0.963. The summed E-state index contributed by atoms with van der Waals surface area (Å²) in [6.07, 6.45) is 0. The molecule has 0 aliphatic carbocycles. The van der Waals surface area contributed by atoms with E-state index in [0.717, 1.165) is 6.07 Å². The van der Waals surface area contributed by atoms with Gasteiger partial charge in [0, 0.05) is 19.9 Å². The molecule has 0 radical (unpaired) electrons. The van der Waals surface area contributed by atoms with E-state index in [4.69, 9.17) is 29.0 Å². The smallest absolute Gasteiger partial charge is 0.491 e. The van der Waals surface area contributed by atoms with Gasteiger partial charge in [-0.15, -0.1) is 0 Å². The van der Waals surface area contributed by atoms with Crippen molar-refractivity contribution in [3.05, 3.63) is 17.4 Å². The fraction of sp³-hybridized carbons (Fsp3) is 0.462. The van der Waals surface area contributed by atoms with Gasteiger partial charge in [0.1, 0.15) is 17.8 Å². The molecule has 0 spiro atoms. The highest BCUT2D eigenvalue weighted by molar-refractivity contribution is 6.40. The van der Waals surface area contributed by atoms with Gasteiger partial charge in [0.2, 0.25) is 5.79 Å². The van der Waals surface area contributed by atoms with Gasteiger partial charge in [0.25, 0.3) is 0 Å². The van der Waals surface area contributed by atoms with E-state index < -0.39 is 36.9 Å². The molecule has 22 heavy (non-hydrogen) atoms. The number of carbonyl (C=O) groups excluding carboxylic acids is 1. The zero-order valence-electron chi connectivity index (χ0n) is 12.4. The zero-order chi connectivity index (χ0) is 16.5. The fourth-order valence-electron chi connectivity index (χ4n) is 1.98. The summed E-state index contributed by atoms with van der Waals surface area (Å²) in [5, 5.41) is 17.7. The standard InChI is InChI=1S/C13H16BFO7/c1-4-19-8-5-7(15)10(20-6-14(17)18)11-9(8)12(16)22-13(2,3)21-11/h5,17-18H,4,6H2,1-3H3. The van der Waals surface area contributed by atoms with E-state index in [2.05, 4.69) is 0 Å². The highest BCUT2D eigenvalue weighted by Crippen LogP contribution is 2.45. The molecule has 1 aliphatic rings. The van der Waals surface area contributed by atoms with Gasteiger partial charge in [-0.1, -0.05) is 0 Å². The van der Waals surface area contributed by atoms with Gasteiger partial charge in [0.05, 0.1) is 6.61 Å². The highest BCUT2D eigenvalue weighted by Gasteiger charge is 2.40. The Labute approximate surface area is 126 Å². The third-order valence-corrected chi connectivity index (χ3v) is 2.72. The van der Waals surface area contributed by atoms with Crippen LogP contribution in [0.25, 0.3) is 0 Å². The number of rotatable bonds is 5. The lowest BCUT2D eigenvalue weighted by Gasteiger charge is -2.33. The highest BCUT2D eigenvalue weighted by atomic mass is 19.1. The molecule has 0 aromatic heterocycles. The minimum Gasteiger partial charge on any atom is -0.493 e. The van der Waals surface area contributed by atoms with Gasteiger partial charge in [0.15, 0.2) is 17.3 Å². The minimum absolute atomic E-state index is 0.0348. The minimum atomic E-state index is -1.80. The van der Waals surface area contributed by atoms with Gasteiger partial charge in [-0.3, -0.25) is 0 Å². The SMILES string of the molecule is CCOc1cc(F)c(OCB(O)O)c2c1C(=O)OC(C)(C)O2. The van der Waals surface area contributed by atoms with E-state index in [1.54, 1.807) is 6.92 Å². The van der Waals surface area contributed by atoms with Crippen molar-refractivity contribution in [3.8, 4) is 17.2 Å². The van der Waals surface area contributed by atoms with Crippen LogP contribution in [0.1, 0.15) is 31.1 Å². The number of carbonyl (C=O) groups is 1. The number of cyclic esters (lactones) is 1. The topological polar surface area (TPSA) is 94.5 Å². The molecule has 1 heterocycles. The monoisotopic (exact) mass is 314 g/mol. The number of halogens is 1. The molecule has 1 aliphatic heterocycles. The summed E-state index contributed by atoms with van der Waals surface area (Å²) >= 11 is 0. The van der Waals surface area contributed by atoms with Crippen molar-refractivity contribution >= 4 is 13.1 Å². The van der Waals surface area contributed by atoms with E-state index in [-0.39, 0.29) is 23.7 Å². The Kier molecular flexibility index (Phi) is 4.48. The van der Waals surface area contributed by atoms with Gasteiger partial charge < -0.3 is 29.0 Å². The Hall–Kier alpha value is -2.00. The molecule has 7 nitrogen and oxygen atoms in total. The van der Waals surface area contributed by atoms with E-state index in [1.807, 2.05) is 0 Å². The van der Waals surface area contributed by atoms with Crippen molar-refractivity contribution in [2.45, 2.75) is 26.6 Å². The Morgan fingerprint density at radius 3 is 2.59 bits per heavy atom. The van der Waals surface area contributed by atoms with Crippen molar-refractivity contribution in [2.75, 3.05) is 13.1 Å². The van der Waals surface area contributed by atoms with Crippen molar-refractivity contribution in [1.82, 2.24) is 0 Å². The third-order valence-electron chi connectivity index (χ3n) is 2.72. The summed E-state index contributed by atoms with van der Waals surface area (Å²) in [5.41, 5.74) is -0.106. The maximum Gasteiger partial charge on any atom is 0.491 e. The lowest BCUT2D eigenvalue weighted by atomic mass is 9.95. The lowest BCUT2D eigenvalue weighted by Crippen LogP contribution is -2.39. The molecule has 2 N–H and O–H groups in total. The van der Waals surface area contributed by atoms with Crippen LogP contribution in [-0.2, 0) is 4.74 Å². The molecule has 9 heteroatoms. The van der Waals surface area contributed by atoms with Crippen LogP contribution < -0.4 is 14.2 Å². The van der Waals surface area contributed by atoms with Gasteiger partial charge in [-0.05, 0) is 6.92 Å². The van der Waals surface area contributed by atoms with Crippen LogP contribution in [0.4, 0.5) is 4.39 Å². The molecule has 0 fully saturated rings. The number of hydrogen-bond acceptors (Lipinski definition) is 7. The third kappa shape index (κ3) is 3.25. The van der Waals surface area contributed by atoms with Gasteiger partial charge in [-0.25, -0.2) is 9.18 Å². The van der Waals surface area contributed by atoms with Crippen LogP contribution in [0.15, 0.2) is 6.07 Å². The maximum atomic E-state index is 14.2. The van der Waals surface area contributed by atoms with Crippen LogP contribution in [0.2, 0.25) is 0 Å². The first-order chi connectivity index (χ1) is 10.2. The van der Waals surface area contributed by atoms with Crippen molar-refractivity contribution in [3.63, 3.8) is 0 Å². The second-order valence-corrected chi connectivity index (χ2v) is 5.01. The molecular formula is C13H16BFO7.